The summed E-state index contributed by atoms with van der Waals surface area (Å²) in [5, 5.41) is 1.95. The Labute approximate surface area is 178 Å². The fourth-order valence-electron chi connectivity index (χ4n) is 4.33. The minimum Gasteiger partial charge on any atom is -0.466 e. The third-order valence-corrected chi connectivity index (χ3v) is 5.99. The van der Waals surface area contributed by atoms with E-state index in [0.29, 0.717) is 18.4 Å². The van der Waals surface area contributed by atoms with E-state index in [4.69, 9.17) is 0 Å². The molecule has 6 nitrogen and oxygen atoms in total. The minimum absolute atomic E-state index is 0.177. The normalized spacial score (nSPS) is 22.6. The van der Waals surface area contributed by atoms with E-state index in [-0.39, 0.29) is 12.2 Å². The van der Waals surface area contributed by atoms with E-state index in [2.05, 4.69) is 4.74 Å². The number of halogens is 3. The number of methoxy groups -OCH3 is 1. The second kappa shape index (κ2) is 8.72. The molecule has 1 saturated carbocycles. The molecule has 9 heteroatoms. The van der Waals surface area contributed by atoms with Gasteiger partial charge in [0.25, 0.3) is 5.91 Å². The standard InChI is InChI=1S/C22H25F3N2O4/c1-14-17(19(29)31-2)21(22(23,24)25,26-18(28)16-11-7-4-8-12-16)20(30)27(14)13-15-9-5-3-6-10-15/h3,5-6,9-10,16H,4,7-8,11-13H2,1-2H3,(H,26,28). The van der Waals surface area contributed by atoms with Crippen molar-refractivity contribution in [2.45, 2.75) is 57.3 Å². The van der Waals surface area contributed by atoms with Gasteiger partial charge in [0.1, 0.15) is 5.57 Å². The molecule has 3 rings (SSSR count). The molecular weight excluding hydrogens is 413 g/mol. The fourth-order valence-corrected chi connectivity index (χ4v) is 4.33. The summed E-state index contributed by atoms with van der Waals surface area (Å²) >= 11 is 0. The van der Waals surface area contributed by atoms with Crippen molar-refractivity contribution in [1.29, 1.82) is 0 Å². The van der Waals surface area contributed by atoms with E-state index < -0.39 is 41.0 Å². The van der Waals surface area contributed by atoms with Crippen LogP contribution >= 0.6 is 0 Å². The number of allylic oxidation sites excluding steroid dienone is 1. The molecule has 0 radical (unpaired) electrons. The maximum Gasteiger partial charge on any atom is 0.425 e. The summed E-state index contributed by atoms with van der Waals surface area (Å²) in [7, 11) is 0.942. The van der Waals surface area contributed by atoms with Crippen LogP contribution in [-0.4, -0.2) is 41.5 Å². The summed E-state index contributed by atoms with van der Waals surface area (Å²) in [6.07, 6.45) is -2.00. The maximum absolute atomic E-state index is 14.5. The van der Waals surface area contributed by atoms with Crippen LogP contribution in [0.4, 0.5) is 13.2 Å². The Hall–Kier alpha value is -2.84. The number of rotatable bonds is 5. The van der Waals surface area contributed by atoms with Crippen molar-refractivity contribution >= 4 is 17.8 Å². The molecule has 0 aromatic heterocycles. The number of amides is 2. The first-order valence-electron chi connectivity index (χ1n) is 10.2. The van der Waals surface area contributed by atoms with Gasteiger partial charge in [-0.25, -0.2) is 4.79 Å². The lowest BCUT2D eigenvalue weighted by atomic mass is 9.85. The second-order valence-corrected chi connectivity index (χ2v) is 7.90. The van der Waals surface area contributed by atoms with Gasteiger partial charge in [0, 0.05) is 11.6 Å². The van der Waals surface area contributed by atoms with Crippen LogP contribution in [0.15, 0.2) is 41.6 Å². The number of ether oxygens (including phenoxy) is 1. The highest BCUT2D eigenvalue weighted by molar-refractivity contribution is 6.10. The lowest BCUT2D eigenvalue weighted by Gasteiger charge is -2.34. The molecule has 1 aromatic carbocycles. The van der Waals surface area contributed by atoms with Crippen molar-refractivity contribution in [3.8, 4) is 0 Å². The van der Waals surface area contributed by atoms with Gasteiger partial charge in [0.15, 0.2) is 0 Å². The fraction of sp³-hybridized carbons (Fsp3) is 0.500. The third kappa shape index (κ3) is 4.05. The highest BCUT2D eigenvalue weighted by Crippen LogP contribution is 2.46. The van der Waals surface area contributed by atoms with Gasteiger partial charge in [-0.05, 0) is 25.3 Å². The average molecular weight is 438 g/mol. The largest absolute Gasteiger partial charge is 0.466 e. The zero-order valence-corrected chi connectivity index (χ0v) is 17.4. The van der Waals surface area contributed by atoms with Crippen LogP contribution in [0.2, 0.25) is 0 Å². The number of esters is 1. The Bertz CT molecular complexity index is 892. The van der Waals surface area contributed by atoms with E-state index >= 15 is 0 Å². The van der Waals surface area contributed by atoms with Crippen molar-refractivity contribution in [3.05, 3.63) is 47.2 Å². The molecule has 168 valence electrons. The Kier molecular flexibility index (Phi) is 6.43. The Balaban J connectivity index is 2.07. The monoisotopic (exact) mass is 438 g/mol. The molecule has 2 amide bonds. The van der Waals surface area contributed by atoms with E-state index in [9.17, 15) is 27.6 Å². The van der Waals surface area contributed by atoms with Gasteiger partial charge < -0.3 is 15.0 Å². The quantitative estimate of drug-likeness (QED) is 0.715. The molecule has 0 spiro atoms. The molecule has 1 atom stereocenters. The van der Waals surface area contributed by atoms with Crippen molar-refractivity contribution in [2.75, 3.05) is 7.11 Å². The van der Waals surface area contributed by atoms with Crippen LogP contribution in [0.3, 0.4) is 0 Å². The molecule has 1 fully saturated rings. The molecule has 1 aliphatic carbocycles. The topological polar surface area (TPSA) is 75.7 Å². The summed E-state index contributed by atoms with van der Waals surface area (Å²) < 4.78 is 48.2. The van der Waals surface area contributed by atoms with Gasteiger partial charge in [-0.3, -0.25) is 9.59 Å². The van der Waals surface area contributed by atoms with Crippen molar-refractivity contribution in [3.63, 3.8) is 0 Å². The van der Waals surface area contributed by atoms with Crippen LogP contribution < -0.4 is 5.32 Å². The highest BCUT2D eigenvalue weighted by atomic mass is 19.4. The van der Waals surface area contributed by atoms with Crippen molar-refractivity contribution in [1.82, 2.24) is 10.2 Å². The number of nitrogens with one attached hydrogen (secondary N) is 1. The molecule has 2 aliphatic rings. The molecule has 1 aromatic rings. The second-order valence-electron chi connectivity index (χ2n) is 7.90. The lowest BCUT2D eigenvalue weighted by molar-refractivity contribution is -0.196. The Morgan fingerprint density at radius 1 is 1.16 bits per heavy atom. The van der Waals surface area contributed by atoms with Gasteiger partial charge >= 0.3 is 12.1 Å². The number of alkyl halides is 3. The molecule has 1 N–H and O–H groups in total. The van der Waals surface area contributed by atoms with Gasteiger partial charge in [-0.15, -0.1) is 0 Å². The smallest absolute Gasteiger partial charge is 0.425 e. The zero-order chi connectivity index (χ0) is 22.8. The molecule has 1 aliphatic heterocycles. The molecule has 0 bridgehead atoms. The Morgan fingerprint density at radius 2 is 1.77 bits per heavy atom. The first kappa shape index (κ1) is 22.8. The summed E-state index contributed by atoms with van der Waals surface area (Å²) in [6, 6.07) is 8.44. The van der Waals surface area contributed by atoms with E-state index in [1.807, 2.05) is 5.32 Å². The van der Waals surface area contributed by atoms with E-state index in [1.165, 1.54) is 6.92 Å². The maximum atomic E-state index is 14.5. The van der Waals surface area contributed by atoms with Crippen LogP contribution in [0.25, 0.3) is 0 Å². The number of hydrogen-bond acceptors (Lipinski definition) is 4. The first-order chi connectivity index (χ1) is 14.6. The SMILES string of the molecule is COC(=O)C1=C(C)N(Cc2ccccc2)C(=O)C1(NC(=O)C1CCCCC1)C(F)(F)F. The predicted molar refractivity (Wildman–Crippen MR) is 105 cm³/mol. The van der Waals surface area contributed by atoms with Crippen LogP contribution in [0.5, 0.6) is 0 Å². The third-order valence-electron chi connectivity index (χ3n) is 5.99. The number of benzene rings is 1. The van der Waals surface area contributed by atoms with Gasteiger partial charge in [0.2, 0.25) is 11.4 Å². The average Bonchev–Trinajstić information content (AvgIpc) is 2.96. The molecule has 1 heterocycles. The summed E-state index contributed by atoms with van der Waals surface area (Å²) in [6.45, 7) is 1.08. The summed E-state index contributed by atoms with van der Waals surface area (Å²) in [4.78, 5) is 39.5. The first-order valence-corrected chi connectivity index (χ1v) is 10.2. The highest BCUT2D eigenvalue weighted by Gasteiger charge is 2.71. The number of hydrogen-bond donors (Lipinski definition) is 1. The van der Waals surface area contributed by atoms with E-state index in [0.717, 1.165) is 31.3 Å². The summed E-state index contributed by atoms with van der Waals surface area (Å²) in [5.41, 5.74) is -3.99. The zero-order valence-electron chi connectivity index (χ0n) is 17.4. The number of carbonyl (C=O) groups is 3. The van der Waals surface area contributed by atoms with Gasteiger partial charge in [0.05, 0.1) is 13.7 Å². The van der Waals surface area contributed by atoms with Crippen LogP contribution in [-0.2, 0) is 25.7 Å². The van der Waals surface area contributed by atoms with Crippen LogP contribution in [0, 0.1) is 5.92 Å². The van der Waals surface area contributed by atoms with Gasteiger partial charge in [-0.2, -0.15) is 13.2 Å². The van der Waals surface area contributed by atoms with E-state index in [1.54, 1.807) is 30.3 Å². The lowest BCUT2D eigenvalue weighted by Crippen LogP contribution is -2.67. The number of nitrogens with zero attached hydrogens (tertiary/aromatic N) is 1. The van der Waals surface area contributed by atoms with Gasteiger partial charge in [-0.1, -0.05) is 49.6 Å². The molecule has 31 heavy (non-hydrogen) atoms. The predicted octanol–water partition coefficient (Wildman–Crippen LogP) is 3.47. The number of carbonyl (C=O) groups excluding carboxylic acids is 3. The summed E-state index contributed by atoms with van der Waals surface area (Å²) in [5.74, 6) is -4.22. The molecule has 1 unspecified atom stereocenters. The van der Waals surface area contributed by atoms with Crippen LogP contribution in [0.1, 0.15) is 44.6 Å². The molecular formula is C22H25F3N2O4. The van der Waals surface area contributed by atoms with Crippen molar-refractivity contribution < 1.29 is 32.3 Å². The minimum atomic E-state index is -5.25. The Morgan fingerprint density at radius 3 is 2.32 bits per heavy atom. The molecule has 0 saturated heterocycles. The van der Waals surface area contributed by atoms with Crippen molar-refractivity contribution in [2.24, 2.45) is 5.92 Å².